The molecule has 4 N–H and O–H groups in total. The summed E-state index contributed by atoms with van der Waals surface area (Å²) < 4.78 is 35.9. The zero-order valence-electron chi connectivity index (χ0n) is 37.0. The summed E-state index contributed by atoms with van der Waals surface area (Å²) in [7, 11) is 1.41. The van der Waals surface area contributed by atoms with E-state index in [2.05, 4.69) is 5.32 Å². The summed E-state index contributed by atoms with van der Waals surface area (Å²) in [6.45, 7) is 12.0. The first kappa shape index (κ1) is 46.9. The largest absolute Gasteiger partial charge is 0.497 e. The van der Waals surface area contributed by atoms with Crippen LogP contribution in [0.3, 0.4) is 0 Å². The maximum Gasteiger partial charge on any atom is 0.338 e. The number of allylic oxidation sites excluding steroid dienone is 1. The second kappa shape index (κ2) is 17.5. The number of amides is 1. The summed E-state index contributed by atoms with van der Waals surface area (Å²) in [5, 5.41) is 40.2. The van der Waals surface area contributed by atoms with Crippen molar-refractivity contribution in [1.82, 2.24) is 5.32 Å². The molecule has 1 amide bonds. The molecule has 16 nitrogen and oxygen atoms in total. The van der Waals surface area contributed by atoms with E-state index in [0.29, 0.717) is 24.2 Å². The van der Waals surface area contributed by atoms with E-state index in [1.807, 2.05) is 0 Å². The Morgan fingerprint density at radius 2 is 1.71 bits per heavy atom. The zero-order valence-corrected chi connectivity index (χ0v) is 37.0. The molecule has 4 aliphatic carbocycles. The minimum absolute atomic E-state index is 0.00581. The highest BCUT2D eigenvalue weighted by molar-refractivity contribution is 5.96. The number of methoxy groups -OCH3 is 1. The van der Waals surface area contributed by atoms with Gasteiger partial charge in [0.25, 0.3) is 0 Å². The average molecular weight is 868 g/mol. The Kier molecular flexibility index (Phi) is 13.2. The van der Waals surface area contributed by atoms with E-state index in [4.69, 9.17) is 28.4 Å². The van der Waals surface area contributed by atoms with Crippen LogP contribution in [-0.4, -0.2) is 118 Å². The Labute approximate surface area is 361 Å². The van der Waals surface area contributed by atoms with E-state index in [-0.39, 0.29) is 48.0 Å². The van der Waals surface area contributed by atoms with Gasteiger partial charge in [-0.1, -0.05) is 51.3 Å². The van der Waals surface area contributed by atoms with Crippen molar-refractivity contribution in [3.8, 4) is 5.75 Å². The molecule has 6 rings (SSSR count). The van der Waals surface area contributed by atoms with Gasteiger partial charge >= 0.3 is 23.9 Å². The lowest BCUT2D eigenvalue weighted by Gasteiger charge is -2.67. The Hall–Kier alpha value is -4.64. The van der Waals surface area contributed by atoms with Gasteiger partial charge in [0.1, 0.15) is 29.7 Å². The first-order valence-corrected chi connectivity index (χ1v) is 21.4. The van der Waals surface area contributed by atoms with Gasteiger partial charge in [0.05, 0.1) is 42.8 Å². The summed E-state index contributed by atoms with van der Waals surface area (Å²) in [5.41, 5.74) is -6.99. The molecule has 0 unspecified atom stereocenters. The van der Waals surface area contributed by atoms with Crippen molar-refractivity contribution in [2.75, 3.05) is 13.7 Å². The molecule has 3 saturated carbocycles. The molecule has 1 heterocycles. The van der Waals surface area contributed by atoms with Gasteiger partial charge in [0.15, 0.2) is 23.6 Å². The van der Waals surface area contributed by atoms with Gasteiger partial charge in [-0.25, -0.2) is 9.59 Å². The lowest BCUT2D eigenvalue weighted by atomic mass is 9.44. The Morgan fingerprint density at radius 3 is 2.29 bits per heavy atom. The van der Waals surface area contributed by atoms with Crippen LogP contribution in [0.5, 0.6) is 5.75 Å². The fourth-order valence-electron chi connectivity index (χ4n) is 10.6. The van der Waals surface area contributed by atoms with Crippen molar-refractivity contribution in [3.63, 3.8) is 0 Å². The highest BCUT2D eigenvalue weighted by Crippen LogP contribution is 2.64. The van der Waals surface area contributed by atoms with Gasteiger partial charge in [-0.2, -0.15) is 0 Å². The number of Topliss-reactive ketones (excluding diaryl/α,β-unsaturated/α-hetero) is 1. The van der Waals surface area contributed by atoms with Crippen LogP contribution < -0.4 is 10.1 Å². The number of esters is 4. The number of ketones is 1. The van der Waals surface area contributed by atoms with Crippen molar-refractivity contribution in [2.24, 2.45) is 22.7 Å². The van der Waals surface area contributed by atoms with Gasteiger partial charge in [-0.05, 0) is 69.9 Å². The number of aliphatic hydroxyl groups excluding tert-OH is 2. The van der Waals surface area contributed by atoms with Crippen LogP contribution in [0.15, 0.2) is 47.1 Å². The number of rotatable bonds is 12. The van der Waals surface area contributed by atoms with Gasteiger partial charge in [-0.15, -0.1) is 0 Å². The van der Waals surface area contributed by atoms with Crippen LogP contribution in [0.25, 0.3) is 0 Å². The molecular weight excluding hydrogens is 806 g/mol. The Balaban J connectivity index is 1.55. The molecule has 1 saturated heterocycles. The van der Waals surface area contributed by atoms with Crippen LogP contribution in [0.4, 0.5) is 0 Å². The number of benzene rings is 1. The molecule has 1 aliphatic heterocycles. The molecule has 0 radical (unpaired) electrons. The monoisotopic (exact) mass is 867 g/mol. The first-order valence-electron chi connectivity index (χ1n) is 21.4. The standard InChI is InChI=1S/C46H61NO15/c1-10-33(50)60-36-34-24(4)30(59-42(55)35(51)29(18-23(2)3)47-40(53)26-14-11-12-15-26)21-46(56,43(34,6)7)39(61-41(54)27-16-13-17-28(19-27)57-9)37-44(8,38(36)52)31(49)20-32-45(37,22-58-32)62-25(5)48/h13,16-19,26,29-32,35-37,39,49,51,56H,10-12,14-15,20-22H2,1-9H3,(H,47,53)/t29-,30-,31-,32+,35+,36+,37-,39-,44+,45-,46+/m0/s1. The number of carbonyl (C=O) groups is 6. The third kappa shape index (κ3) is 7.96. The third-order valence-corrected chi connectivity index (χ3v) is 14.1. The fraction of sp³-hybridized carbons (Fsp3) is 0.652. The van der Waals surface area contributed by atoms with Crippen molar-refractivity contribution in [2.45, 2.75) is 154 Å². The normalized spacial score (nSPS) is 33.5. The minimum Gasteiger partial charge on any atom is -0.497 e. The molecular formula is C46H61NO15. The molecule has 340 valence electrons. The second-order valence-electron chi connectivity index (χ2n) is 18.5. The number of nitrogens with one attached hydrogen (secondary N) is 1. The number of aliphatic hydroxyl groups is 3. The summed E-state index contributed by atoms with van der Waals surface area (Å²) >= 11 is 0. The summed E-state index contributed by atoms with van der Waals surface area (Å²) in [6.07, 6.45) is -5.89. The van der Waals surface area contributed by atoms with Gasteiger partial charge in [0.2, 0.25) is 5.91 Å². The summed E-state index contributed by atoms with van der Waals surface area (Å²) in [5.74, 6) is -6.43. The topological polar surface area (TPSA) is 231 Å². The molecule has 2 bridgehead atoms. The van der Waals surface area contributed by atoms with Crippen LogP contribution in [0.1, 0.15) is 111 Å². The van der Waals surface area contributed by atoms with Gasteiger partial charge < -0.3 is 49.1 Å². The third-order valence-electron chi connectivity index (χ3n) is 14.1. The average Bonchev–Trinajstić information content (AvgIpc) is 3.76. The van der Waals surface area contributed by atoms with Gasteiger partial charge in [0, 0.05) is 37.5 Å². The van der Waals surface area contributed by atoms with Crippen LogP contribution >= 0.6 is 0 Å². The maximum atomic E-state index is 15.6. The number of fused-ring (bicyclic) bond motifs is 5. The molecule has 0 spiro atoms. The quantitative estimate of drug-likeness (QED) is 0.134. The molecule has 5 aliphatic rings. The fourth-order valence-corrected chi connectivity index (χ4v) is 10.6. The summed E-state index contributed by atoms with van der Waals surface area (Å²) in [6, 6.07) is 4.84. The van der Waals surface area contributed by atoms with E-state index >= 15 is 4.79 Å². The highest BCUT2D eigenvalue weighted by Gasteiger charge is 2.78. The van der Waals surface area contributed by atoms with Crippen LogP contribution in [-0.2, 0) is 47.7 Å². The summed E-state index contributed by atoms with van der Waals surface area (Å²) in [4.78, 5) is 83.9. The Morgan fingerprint density at radius 1 is 1.03 bits per heavy atom. The van der Waals surface area contributed by atoms with Crippen molar-refractivity contribution < 1.29 is 72.5 Å². The molecule has 16 heteroatoms. The van der Waals surface area contributed by atoms with E-state index in [1.165, 1.54) is 33.1 Å². The molecule has 4 fully saturated rings. The molecule has 1 aromatic carbocycles. The van der Waals surface area contributed by atoms with Crippen LogP contribution in [0.2, 0.25) is 0 Å². The maximum absolute atomic E-state index is 15.6. The number of hydrogen-bond donors (Lipinski definition) is 4. The smallest absolute Gasteiger partial charge is 0.338 e. The van der Waals surface area contributed by atoms with E-state index in [0.717, 1.165) is 19.8 Å². The lowest BCUT2D eigenvalue weighted by Crippen LogP contribution is -2.82. The minimum atomic E-state index is -2.39. The zero-order chi connectivity index (χ0) is 45.7. The van der Waals surface area contributed by atoms with Crippen molar-refractivity contribution >= 4 is 35.6 Å². The number of carbonyl (C=O) groups excluding carboxylic acids is 6. The first-order chi connectivity index (χ1) is 29.1. The van der Waals surface area contributed by atoms with Crippen molar-refractivity contribution in [3.05, 3.63) is 52.6 Å². The molecule has 11 atom stereocenters. The lowest BCUT2D eigenvalue weighted by molar-refractivity contribution is -0.346. The molecule has 0 aromatic heterocycles. The van der Waals surface area contributed by atoms with E-state index in [9.17, 15) is 39.3 Å². The molecule has 1 aromatic rings. The van der Waals surface area contributed by atoms with Gasteiger partial charge in [-0.3, -0.25) is 19.2 Å². The second-order valence-corrected chi connectivity index (χ2v) is 18.5. The Bertz CT molecular complexity index is 2030. The van der Waals surface area contributed by atoms with Crippen molar-refractivity contribution in [1.29, 1.82) is 0 Å². The molecule has 62 heavy (non-hydrogen) atoms. The van der Waals surface area contributed by atoms with E-state index in [1.54, 1.807) is 52.8 Å². The highest BCUT2D eigenvalue weighted by atomic mass is 16.6. The SMILES string of the molecule is CCC(=O)O[C@H]1C(=O)[C@@]2(C)[C@H]([C@H](OC(=O)c3cccc(OC)c3)[C@]3(O)C[C@H](OC(=O)[C@H](O)[C@H](C=C(C)C)NC(=O)C4CCCC4)C(C)=C1C3(C)C)[C@]1(OC(C)=O)CO[C@@H]1C[C@@H]2O. The van der Waals surface area contributed by atoms with Crippen LogP contribution in [0, 0.1) is 22.7 Å². The number of ether oxygens (including phenoxy) is 6. The number of hydrogen-bond acceptors (Lipinski definition) is 15. The van der Waals surface area contributed by atoms with E-state index < -0.39 is 107 Å². The predicted molar refractivity (Wildman–Crippen MR) is 219 cm³/mol. The predicted octanol–water partition coefficient (Wildman–Crippen LogP) is 3.60.